The van der Waals surface area contributed by atoms with Gasteiger partial charge in [-0.15, -0.1) is 0 Å². The zero-order valence-corrected chi connectivity index (χ0v) is 6.15. The molecule has 0 amide bonds. The fourth-order valence-corrected chi connectivity index (χ4v) is 0.421. The van der Waals surface area contributed by atoms with Gasteiger partial charge >= 0.3 is 57.4 Å². The van der Waals surface area contributed by atoms with E-state index in [1.54, 1.807) is 0 Å². The Hall–Kier alpha value is 0.986. The normalized spacial score (nSPS) is 8.83. The second-order valence-corrected chi connectivity index (χ2v) is 1.72. The maximum atomic E-state index is 10.5. The van der Waals surface area contributed by atoms with Crippen LogP contribution in [-0.4, -0.2) is 101 Å². The van der Waals surface area contributed by atoms with Crippen LogP contribution in [0.2, 0.25) is 0 Å². The van der Waals surface area contributed by atoms with Gasteiger partial charge in [-0.1, -0.05) is 0 Å². The molecule has 0 rings (SSSR count). The number of esters is 1. The van der Waals surface area contributed by atoms with Crippen LogP contribution in [0.4, 0.5) is 0 Å². The van der Waals surface area contributed by atoms with Gasteiger partial charge in [-0.3, -0.25) is 0 Å². The maximum absolute atomic E-state index is 10.5. The van der Waals surface area contributed by atoms with Crippen molar-refractivity contribution in [1.82, 2.24) is 0 Å². The molecule has 5 nitrogen and oxygen atoms in total. The Morgan fingerprint density at radius 1 is 1.17 bits per heavy atom. The molecule has 0 aliphatic heterocycles. The third kappa shape index (κ3) is 11.0. The molecule has 0 radical (unpaired) electrons. The second kappa shape index (κ2) is 12.0. The molecule has 0 atom stereocenters. The van der Waals surface area contributed by atoms with Gasteiger partial charge in [0.25, 0.3) is 0 Å². The Morgan fingerprint density at radius 3 is 2.25 bits per heavy atom. The van der Waals surface area contributed by atoms with Crippen LogP contribution in [0.5, 0.6) is 0 Å². The SMILES string of the molecule is O=C(COCCO)OCCO.[KH]. The summed E-state index contributed by atoms with van der Waals surface area (Å²) in [7, 11) is 0. The number of aliphatic hydroxyl groups excluding tert-OH is 2. The first-order valence-electron chi connectivity index (χ1n) is 3.26. The van der Waals surface area contributed by atoms with Crippen molar-refractivity contribution in [2.45, 2.75) is 0 Å². The van der Waals surface area contributed by atoms with Crippen molar-refractivity contribution < 1.29 is 24.5 Å². The average molecular weight is 204 g/mol. The van der Waals surface area contributed by atoms with E-state index in [1.165, 1.54) is 0 Å². The average Bonchev–Trinajstić information content (AvgIpc) is 2.01. The molecule has 0 aliphatic carbocycles. The third-order valence-corrected chi connectivity index (χ3v) is 0.810. The van der Waals surface area contributed by atoms with Crippen LogP contribution in [0.15, 0.2) is 0 Å². The van der Waals surface area contributed by atoms with Crippen LogP contribution in [0.25, 0.3) is 0 Å². The molecule has 0 aromatic rings. The summed E-state index contributed by atoms with van der Waals surface area (Å²) in [6.45, 7) is -0.380. The van der Waals surface area contributed by atoms with E-state index in [1.807, 2.05) is 0 Å². The van der Waals surface area contributed by atoms with Crippen molar-refractivity contribution in [1.29, 1.82) is 0 Å². The molecule has 0 unspecified atom stereocenters. The van der Waals surface area contributed by atoms with E-state index in [4.69, 9.17) is 10.2 Å². The summed E-state index contributed by atoms with van der Waals surface area (Å²) in [4.78, 5) is 10.5. The van der Waals surface area contributed by atoms with Crippen LogP contribution in [0.3, 0.4) is 0 Å². The van der Waals surface area contributed by atoms with Gasteiger partial charge in [0.15, 0.2) is 0 Å². The van der Waals surface area contributed by atoms with E-state index in [9.17, 15) is 4.79 Å². The summed E-state index contributed by atoms with van der Waals surface area (Å²) in [5.74, 6) is -0.535. The van der Waals surface area contributed by atoms with Crippen molar-refractivity contribution in [3.8, 4) is 0 Å². The number of aliphatic hydroxyl groups is 2. The van der Waals surface area contributed by atoms with Crippen molar-refractivity contribution >= 4 is 57.4 Å². The summed E-state index contributed by atoms with van der Waals surface area (Å²) >= 11 is 0. The summed E-state index contributed by atoms with van der Waals surface area (Å²) in [5.41, 5.74) is 0. The predicted molar refractivity (Wildman–Crippen MR) is 43.1 cm³/mol. The van der Waals surface area contributed by atoms with E-state index in [0.717, 1.165) is 0 Å². The summed E-state index contributed by atoms with van der Waals surface area (Å²) < 4.78 is 9.08. The zero-order valence-electron chi connectivity index (χ0n) is 6.15. The minimum absolute atomic E-state index is 0. The number of rotatable bonds is 6. The predicted octanol–water partition coefficient (Wildman–Crippen LogP) is -2.12. The molecule has 0 spiro atoms. The van der Waals surface area contributed by atoms with E-state index in [0.29, 0.717) is 0 Å². The molecule has 12 heavy (non-hydrogen) atoms. The number of carbonyl (C=O) groups excluding carboxylic acids is 1. The van der Waals surface area contributed by atoms with Gasteiger partial charge in [0.1, 0.15) is 13.2 Å². The molecule has 0 aromatic carbocycles. The number of hydrogen-bond donors (Lipinski definition) is 2. The van der Waals surface area contributed by atoms with Crippen molar-refractivity contribution in [3.63, 3.8) is 0 Å². The molecule has 0 bridgehead atoms. The van der Waals surface area contributed by atoms with Gasteiger partial charge in [-0.05, 0) is 0 Å². The standard InChI is InChI=1S/C6H12O5.K.H/c7-1-3-10-5-6(9)11-4-2-8;;/h7-8H,1-5H2;;. The van der Waals surface area contributed by atoms with Gasteiger partial charge < -0.3 is 19.7 Å². The van der Waals surface area contributed by atoms with Crippen molar-refractivity contribution in [2.75, 3.05) is 33.0 Å². The summed E-state index contributed by atoms with van der Waals surface area (Å²) in [5, 5.41) is 16.5. The Bertz CT molecular complexity index is 108. The molecule has 0 fully saturated rings. The van der Waals surface area contributed by atoms with Crippen LogP contribution in [0, 0.1) is 0 Å². The third-order valence-electron chi connectivity index (χ3n) is 0.810. The molecular weight excluding hydrogens is 191 g/mol. The van der Waals surface area contributed by atoms with Crippen LogP contribution in [0.1, 0.15) is 0 Å². The van der Waals surface area contributed by atoms with Crippen molar-refractivity contribution in [3.05, 3.63) is 0 Å². The Balaban J connectivity index is 0. The van der Waals surface area contributed by atoms with Gasteiger partial charge in [-0.2, -0.15) is 0 Å². The number of carbonyl (C=O) groups is 1. The molecule has 0 aromatic heterocycles. The molecule has 2 N–H and O–H groups in total. The van der Waals surface area contributed by atoms with Gasteiger partial charge in [0.05, 0.1) is 19.8 Å². The second-order valence-electron chi connectivity index (χ2n) is 1.72. The first-order valence-corrected chi connectivity index (χ1v) is 3.26. The fourth-order valence-electron chi connectivity index (χ4n) is 0.421. The first-order chi connectivity index (χ1) is 5.31. The van der Waals surface area contributed by atoms with Crippen molar-refractivity contribution in [2.24, 2.45) is 0 Å². The zero-order chi connectivity index (χ0) is 8.53. The van der Waals surface area contributed by atoms with Gasteiger partial charge in [0, 0.05) is 0 Å². The Morgan fingerprint density at radius 2 is 1.75 bits per heavy atom. The van der Waals surface area contributed by atoms with E-state index < -0.39 is 5.97 Å². The molecule has 0 saturated carbocycles. The molecule has 68 valence electrons. The monoisotopic (exact) mass is 204 g/mol. The molecule has 0 saturated heterocycles. The van der Waals surface area contributed by atoms with E-state index in [2.05, 4.69) is 9.47 Å². The van der Waals surface area contributed by atoms with E-state index in [-0.39, 0.29) is 84.4 Å². The van der Waals surface area contributed by atoms with Gasteiger partial charge in [-0.25, -0.2) is 4.79 Å². The quantitative estimate of drug-likeness (QED) is 0.294. The topological polar surface area (TPSA) is 76.0 Å². The minimum atomic E-state index is -0.535. The Kier molecular flexibility index (Phi) is 15.4. The molecule has 0 aliphatic rings. The number of ether oxygens (including phenoxy) is 2. The van der Waals surface area contributed by atoms with Crippen LogP contribution >= 0.6 is 0 Å². The summed E-state index contributed by atoms with van der Waals surface area (Å²) in [6, 6.07) is 0. The molecular formula is C6H13KO5. The molecule has 0 heterocycles. The van der Waals surface area contributed by atoms with Crippen LogP contribution in [-0.2, 0) is 14.3 Å². The number of hydrogen-bond acceptors (Lipinski definition) is 5. The summed E-state index contributed by atoms with van der Waals surface area (Å²) in [6.07, 6.45) is 0. The first kappa shape index (κ1) is 15.5. The molecule has 6 heteroatoms. The van der Waals surface area contributed by atoms with E-state index >= 15 is 0 Å². The van der Waals surface area contributed by atoms with Gasteiger partial charge in [0.2, 0.25) is 0 Å². The van der Waals surface area contributed by atoms with Crippen LogP contribution < -0.4 is 0 Å². The Labute approximate surface area is 113 Å². The fraction of sp³-hybridized carbons (Fsp3) is 0.833.